The predicted molar refractivity (Wildman–Crippen MR) is 35.4 cm³/mol. The molecule has 0 spiro atoms. The zero-order chi connectivity index (χ0) is 7.11. The molecule has 0 heterocycles. The molecule has 0 radical (unpaired) electrons. The smallest absolute Gasteiger partial charge is 0.123 e. The van der Waals surface area contributed by atoms with Gasteiger partial charge in [0.05, 0.1) is 5.71 Å². The first-order valence-electron chi connectivity index (χ1n) is 2.84. The summed E-state index contributed by atoms with van der Waals surface area (Å²) >= 11 is 0. The minimum Gasteiger partial charge on any atom is -0.395 e. The van der Waals surface area contributed by atoms with Crippen LogP contribution in [0.3, 0.4) is 0 Å². The summed E-state index contributed by atoms with van der Waals surface area (Å²) in [5.41, 5.74) is 0.862. The molecule has 0 saturated carbocycles. The Morgan fingerprint density at radius 3 is 2.78 bits per heavy atom. The number of hydrogen-bond acceptors (Lipinski definition) is 3. The number of carbonyl (C=O) groups excluding carboxylic acids is 1. The Labute approximate surface area is 54.7 Å². The molecule has 0 N–H and O–H groups in total. The fourth-order valence-corrected chi connectivity index (χ4v) is 0.276. The van der Waals surface area contributed by atoms with Gasteiger partial charge in [0, 0.05) is 6.42 Å². The van der Waals surface area contributed by atoms with Gasteiger partial charge >= 0.3 is 0 Å². The van der Waals surface area contributed by atoms with E-state index in [4.69, 9.17) is 4.84 Å². The summed E-state index contributed by atoms with van der Waals surface area (Å²) in [5.74, 6) is 0. The first-order valence-corrected chi connectivity index (χ1v) is 2.84. The number of carbonyl (C=O) groups is 1. The molecule has 0 aliphatic carbocycles. The van der Waals surface area contributed by atoms with Crippen molar-refractivity contribution in [2.24, 2.45) is 5.16 Å². The van der Waals surface area contributed by atoms with Gasteiger partial charge in [-0.05, 0) is 13.8 Å². The van der Waals surface area contributed by atoms with E-state index < -0.39 is 0 Å². The minimum atomic E-state index is 0.384. The first-order chi connectivity index (χ1) is 4.27. The average Bonchev–Trinajstić information content (AvgIpc) is 1.80. The van der Waals surface area contributed by atoms with Gasteiger partial charge < -0.3 is 9.63 Å². The summed E-state index contributed by atoms with van der Waals surface area (Å²) in [4.78, 5) is 14.4. The maximum absolute atomic E-state index is 9.72. The van der Waals surface area contributed by atoms with Gasteiger partial charge in [0.2, 0.25) is 0 Å². The highest BCUT2D eigenvalue weighted by Crippen LogP contribution is 1.80. The second-order valence-corrected chi connectivity index (χ2v) is 1.83. The molecule has 0 aliphatic rings. The van der Waals surface area contributed by atoms with Crippen molar-refractivity contribution >= 4 is 12.0 Å². The lowest BCUT2D eigenvalue weighted by Gasteiger charge is -1.92. The van der Waals surface area contributed by atoms with Gasteiger partial charge in [0.15, 0.2) is 0 Å². The Morgan fingerprint density at radius 2 is 2.33 bits per heavy atom. The Bertz CT molecular complexity index is 106. The second kappa shape index (κ2) is 5.28. The molecule has 0 aromatic carbocycles. The maximum Gasteiger partial charge on any atom is 0.123 e. The van der Waals surface area contributed by atoms with Crippen LogP contribution >= 0.6 is 0 Å². The topological polar surface area (TPSA) is 38.7 Å². The van der Waals surface area contributed by atoms with Crippen LogP contribution in [-0.4, -0.2) is 18.6 Å². The fraction of sp³-hybridized carbons (Fsp3) is 0.667. The molecular formula is C6H11NO2. The van der Waals surface area contributed by atoms with E-state index in [0.717, 1.165) is 12.0 Å². The van der Waals surface area contributed by atoms with Crippen molar-refractivity contribution in [2.75, 3.05) is 6.61 Å². The van der Waals surface area contributed by atoms with Crippen molar-refractivity contribution in [3.8, 4) is 0 Å². The predicted octanol–water partition coefficient (Wildman–Crippen LogP) is 0.988. The van der Waals surface area contributed by atoms with Crippen LogP contribution in [0.15, 0.2) is 5.16 Å². The summed E-state index contributed by atoms with van der Waals surface area (Å²) in [6.07, 6.45) is 1.22. The molecule has 0 aromatic heterocycles. The Kier molecular flexibility index (Phi) is 4.78. The molecule has 0 aliphatic heterocycles. The summed E-state index contributed by atoms with van der Waals surface area (Å²) in [6, 6.07) is 0. The van der Waals surface area contributed by atoms with E-state index in [2.05, 4.69) is 5.16 Å². The zero-order valence-electron chi connectivity index (χ0n) is 5.76. The molecule has 0 aromatic rings. The highest BCUT2D eigenvalue weighted by atomic mass is 16.6. The molecule has 3 nitrogen and oxygen atoms in total. The Balaban J connectivity index is 3.09. The van der Waals surface area contributed by atoms with E-state index in [1.165, 1.54) is 0 Å². The van der Waals surface area contributed by atoms with Gasteiger partial charge in [0.1, 0.15) is 12.9 Å². The van der Waals surface area contributed by atoms with E-state index in [1.807, 2.05) is 13.8 Å². The van der Waals surface area contributed by atoms with Crippen molar-refractivity contribution in [3.63, 3.8) is 0 Å². The third-order valence-corrected chi connectivity index (χ3v) is 0.574. The average molecular weight is 129 g/mol. The van der Waals surface area contributed by atoms with Crippen LogP contribution in [0.5, 0.6) is 0 Å². The SMILES string of the molecule is CC(C)=NOCCC=O. The maximum atomic E-state index is 9.72. The molecule has 0 amide bonds. The molecular weight excluding hydrogens is 118 g/mol. The van der Waals surface area contributed by atoms with Gasteiger partial charge in [-0.15, -0.1) is 0 Å². The zero-order valence-corrected chi connectivity index (χ0v) is 5.76. The molecule has 0 atom stereocenters. The molecule has 0 fully saturated rings. The number of aldehydes is 1. The second-order valence-electron chi connectivity index (χ2n) is 1.83. The van der Waals surface area contributed by atoms with Crippen LogP contribution in [0.25, 0.3) is 0 Å². The van der Waals surface area contributed by atoms with Crippen molar-refractivity contribution in [1.82, 2.24) is 0 Å². The summed E-state index contributed by atoms with van der Waals surface area (Å²) in [6.45, 7) is 4.05. The molecule has 52 valence electrons. The molecule has 0 rings (SSSR count). The van der Waals surface area contributed by atoms with E-state index in [0.29, 0.717) is 13.0 Å². The molecule has 9 heavy (non-hydrogen) atoms. The molecule has 0 saturated heterocycles. The van der Waals surface area contributed by atoms with Crippen molar-refractivity contribution in [3.05, 3.63) is 0 Å². The lowest BCUT2D eigenvalue weighted by Crippen LogP contribution is -1.90. The third-order valence-electron chi connectivity index (χ3n) is 0.574. The standard InChI is InChI=1S/C6H11NO2/c1-6(2)7-9-5-3-4-8/h4H,3,5H2,1-2H3. The van der Waals surface area contributed by atoms with E-state index in [-0.39, 0.29) is 0 Å². The fourth-order valence-electron chi connectivity index (χ4n) is 0.276. The lowest BCUT2D eigenvalue weighted by molar-refractivity contribution is -0.108. The number of oxime groups is 1. The normalized spacial score (nSPS) is 8.22. The van der Waals surface area contributed by atoms with Crippen LogP contribution < -0.4 is 0 Å². The quantitative estimate of drug-likeness (QED) is 0.246. The summed E-state index contributed by atoms with van der Waals surface area (Å²) in [7, 11) is 0. The van der Waals surface area contributed by atoms with Gasteiger partial charge in [-0.3, -0.25) is 0 Å². The van der Waals surface area contributed by atoms with Crippen molar-refractivity contribution in [1.29, 1.82) is 0 Å². The Morgan fingerprint density at radius 1 is 1.67 bits per heavy atom. The number of rotatable bonds is 4. The largest absolute Gasteiger partial charge is 0.395 e. The van der Waals surface area contributed by atoms with Crippen LogP contribution in [0.1, 0.15) is 20.3 Å². The van der Waals surface area contributed by atoms with E-state index in [9.17, 15) is 4.79 Å². The highest BCUT2D eigenvalue weighted by Gasteiger charge is 1.81. The monoisotopic (exact) mass is 129 g/mol. The third kappa shape index (κ3) is 7.14. The van der Waals surface area contributed by atoms with Crippen molar-refractivity contribution in [2.45, 2.75) is 20.3 Å². The molecule has 3 heteroatoms. The van der Waals surface area contributed by atoms with Crippen molar-refractivity contribution < 1.29 is 9.63 Å². The van der Waals surface area contributed by atoms with Crippen LogP contribution in [0.2, 0.25) is 0 Å². The summed E-state index contributed by atoms with van der Waals surface area (Å²) < 4.78 is 0. The molecule has 0 unspecified atom stereocenters. The number of hydrogen-bond donors (Lipinski definition) is 0. The van der Waals surface area contributed by atoms with Crippen LogP contribution in [-0.2, 0) is 9.63 Å². The van der Waals surface area contributed by atoms with Gasteiger partial charge in [-0.25, -0.2) is 0 Å². The van der Waals surface area contributed by atoms with E-state index >= 15 is 0 Å². The number of nitrogens with zero attached hydrogens (tertiary/aromatic N) is 1. The first kappa shape index (κ1) is 8.14. The van der Waals surface area contributed by atoms with Gasteiger partial charge in [0.25, 0.3) is 0 Å². The highest BCUT2D eigenvalue weighted by molar-refractivity contribution is 5.78. The van der Waals surface area contributed by atoms with Crippen LogP contribution in [0.4, 0.5) is 0 Å². The van der Waals surface area contributed by atoms with Gasteiger partial charge in [-0.1, -0.05) is 5.16 Å². The van der Waals surface area contributed by atoms with E-state index in [1.54, 1.807) is 0 Å². The van der Waals surface area contributed by atoms with Crippen LogP contribution in [0, 0.1) is 0 Å². The van der Waals surface area contributed by atoms with Gasteiger partial charge in [-0.2, -0.15) is 0 Å². The Hall–Kier alpha value is -0.860. The summed E-state index contributed by atoms with van der Waals surface area (Å²) in [5, 5.41) is 3.62. The minimum absolute atomic E-state index is 0.384. The lowest BCUT2D eigenvalue weighted by atomic mass is 10.5. The molecule has 0 bridgehead atoms.